The molecule has 1 saturated heterocycles. The monoisotopic (exact) mass is 262 g/mol. The predicted molar refractivity (Wildman–Crippen MR) is 72.2 cm³/mol. The zero-order valence-electron chi connectivity index (χ0n) is 10.1. The average molecular weight is 262 g/mol. The van der Waals surface area contributed by atoms with Crippen molar-refractivity contribution in [2.45, 2.75) is 25.3 Å². The van der Waals surface area contributed by atoms with Gasteiger partial charge in [-0.1, -0.05) is 23.5 Å². The normalized spacial score (nSPS) is 23.7. The molecule has 1 N–H and O–H groups in total. The Balaban J connectivity index is 2.06. The fourth-order valence-corrected chi connectivity index (χ4v) is 3.58. The summed E-state index contributed by atoms with van der Waals surface area (Å²) < 4.78 is 1.10. The van der Waals surface area contributed by atoms with E-state index in [-0.39, 0.29) is 0 Å². The van der Waals surface area contributed by atoms with Gasteiger partial charge < -0.3 is 10.0 Å². The van der Waals surface area contributed by atoms with E-state index in [4.69, 9.17) is 0 Å². The number of carboxylic acid groups (broad SMARTS) is 1. The third-order valence-corrected chi connectivity index (χ3v) is 4.67. The molecule has 1 aliphatic heterocycles. The summed E-state index contributed by atoms with van der Waals surface area (Å²) in [5, 5.41) is 10.2. The first-order valence-electron chi connectivity index (χ1n) is 5.98. The van der Waals surface area contributed by atoms with Crippen LogP contribution in [-0.2, 0) is 4.79 Å². The van der Waals surface area contributed by atoms with E-state index in [0.29, 0.717) is 6.42 Å². The molecule has 1 aromatic heterocycles. The molecule has 1 aromatic carbocycles. The van der Waals surface area contributed by atoms with Gasteiger partial charge in [-0.05, 0) is 31.9 Å². The van der Waals surface area contributed by atoms with Gasteiger partial charge in [0.15, 0.2) is 5.13 Å². The highest BCUT2D eigenvalue weighted by molar-refractivity contribution is 7.22. The standard InChI is InChI=1S/C13H14N2O2S/c1-13(11(16)17)7-4-8-15(13)12-14-9-5-2-3-6-10(9)18-12/h2-3,5-6H,4,7-8H2,1H3,(H,16,17). The minimum atomic E-state index is -0.812. The fraction of sp³-hybridized carbons (Fsp3) is 0.385. The van der Waals surface area contributed by atoms with Gasteiger partial charge in [-0.15, -0.1) is 0 Å². The second-order valence-corrected chi connectivity index (χ2v) is 5.81. The first-order chi connectivity index (χ1) is 8.61. The maximum atomic E-state index is 11.5. The predicted octanol–water partition coefficient (Wildman–Crippen LogP) is 2.74. The number of anilines is 1. The van der Waals surface area contributed by atoms with Gasteiger partial charge in [0.1, 0.15) is 5.54 Å². The minimum absolute atomic E-state index is 0.679. The number of rotatable bonds is 2. The lowest BCUT2D eigenvalue weighted by Gasteiger charge is -2.30. The van der Waals surface area contributed by atoms with Gasteiger partial charge in [-0.2, -0.15) is 0 Å². The average Bonchev–Trinajstić information content (AvgIpc) is 2.92. The molecule has 4 nitrogen and oxygen atoms in total. The molecular weight excluding hydrogens is 248 g/mol. The Kier molecular flexibility index (Phi) is 2.52. The maximum Gasteiger partial charge on any atom is 0.329 e. The zero-order chi connectivity index (χ0) is 12.8. The Morgan fingerprint density at radius 3 is 3.00 bits per heavy atom. The summed E-state index contributed by atoms with van der Waals surface area (Å²) >= 11 is 1.57. The van der Waals surface area contributed by atoms with E-state index in [9.17, 15) is 9.90 Å². The summed E-state index contributed by atoms with van der Waals surface area (Å²) in [6, 6.07) is 7.91. The lowest BCUT2D eigenvalue weighted by Crippen LogP contribution is -2.48. The van der Waals surface area contributed by atoms with Crippen LogP contribution in [0.25, 0.3) is 10.2 Å². The number of fused-ring (bicyclic) bond motifs is 1. The van der Waals surface area contributed by atoms with E-state index < -0.39 is 11.5 Å². The van der Waals surface area contributed by atoms with Gasteiger partial charge in [0.05, 0.1) is 10.2 Å². The van der Waals surface area contributed by atoms with E-state index >= 15 is 0 Å². The molecule has 1 fully saturated rings. The van der Waals surface area contributed by atoms with Crippen molar-refractivity contribution in [1.29, 1.82) is 0 Å². The molecule has 2 heterocycles. The second kappa shape index (κ2) is 3.95. The van der Waals surface area contributed by atoms with E-state index in [2.05, 4.69) is 4.98 Å². The summed E-state index contributed by atoms with van der Waals surface area (Å²) in [4.78, 5) is 17.9. The van der Waals surface area contributed by atoms with Gasteiger partial charge in [0, 0.05) is 6.54 Å². The van der Waals surface area contributed by atoms with Crippen LogP contribution < -0.4 is 4.90 Å². The molecule has 0 amide bonds. The van der Waals surface area contributed by atoms with E-state index in [0.717, 1.165) is 28.3 Å². The lowest BCUT2D eigenvalue weighted by molar-refractivity contribution is -0.142. The first kappa shape index (κ1) is 11.5. The fourth-order valence-electron chi connectivity index (χ4n) is 2.47. The second-order valence-electron chi connectivity index (χ2n) is 4.80. The number of aliphatic carboxylic acids is 1. The van der Waals surface area contributed by atoms with Crippen LogP contribution in [-0.4, -0.2) is 28.1 Å². The molecule has 0 aliphatic carbocycles. The highest BCUT2D eigenvalue weighted by Crippen LogP contribution is 2.38. The minimum Gasteiger partial charge on any atom is -0.480 e. The number of nitrogens with zero attached hydrogens (tertiary/aromatic N) is 2. The molecule has 1 unspecified atom stereocenters. The highest BCUT2D eigenvalue weighted by Gasteiger charge is 2.44. The molecule has 0 saturated carbocycles. The molecule has 3 rings (SSSR count). The Labute approximate surface area is 109 Å². The van der Waals surface area contributed by atoms with Gasteiger partial charge in [-0.25, -0.2) is 9.78 Å². The Hall–Kier alpha value is -1.62. The quantitative estimate of drug-likeness (QED) is 0.904. The van der Waals surface area contributed by atoms with Crippen molar-refractivity contribution in [3.8, 4) is 0 Å². The van der Waals surface area contributed by atoms with Gasteiger partial charge in [0.2, 0.25) is 0 Å². The number of hydrogen-bond donors (Lipinski definition) is 1. The van der Waals surface area contributed by atoms with Crippen molar-refractivity contribution in [3.63, 3.8) is 0 Å². The Morgan fingerprint density at radius 1 is 1.50 bits per heavy atom. The number of hydrogen-bond acceptors (Lipinski definition) is 4. The van der Waals surface area contributed by atoms with Gasteiger partial charge >= 0.3 is 5.97 Å². The molecular formula is C13H14N2O2S. The van der Waals surface area contributed by atoms with Crippen molar-refractivity contribution >= 4 is 32.7 Å². The molecule has 1 aliphatic rings. The molecule has 1 atom stereocenters. The molecule has 94 valence electrons. The zero-order valence-corrected chi connectivity index (χ0v) is 10.9. The van der Waals surface area contributed by atoms with Crippen molar-refractivity contribution < 1.29 is 9.90 Å². The van der Waals surface area contributed by atoms with Crippen LogP contribution in [0.3, 0.4) is 0 Å². The topological polar surface area (TPSA) is 53.4 Å². The maximum absolute atomic E-state index is 11.5. The van der Waals surface area contributed by atoms with E-state index in [1.807, 2.05) is 29.2 Å². The summed E-state index contributed by atoms with van der Waals surface area (Å²) in [7, 11) is 0. The van der Waals surface area contributed by atoms with E-state index in [1.165, 1.54) is 0 Å². The van der Waals surface area contributed by atoms with Crippen LogP contribution in [0.4, 0.5) is 5.13 Å². The van der Waals surface area contributed by atoms with Crippen molar-refractivity contribution in [1.82, 2.24) is 4.98 Å². The number of aromatic nitrogens is 1. The molecule has 0 radical (unpaired) electrons. The summed E-state index contributed by atoms with van der Waals surface area (Å²) in [5.74, 6) is -0.765. The molecule has 2 aromatic rings. The van der Waals surface area contributed by atoms with Crippen LogP contribution in [0.15, 0.2) is 24.3 Å². The molecule has 5 heteroatoms. The summed E-state index contributed by atoms with van der Waals surface area (Å²) in [6.45, 7) is 2.55. The Morgan fingerprint density at radius 2 is 2.28 bits per heavy atom. The molecule has 0 bridgehead atoms. The number of carboxylic acids is 1. The number of benzene rings is 1. The summed E-state index contributed by atoms with van der Waals surface area (Å²) in [6.07, 6.45) is 1.58. The third-order valence-electron chi connectivity index (χ3n) is 3.62. The number of thiazole rings is 1. The summed E-state index contributed by atoms with van der Waals surface area (Å²) in [5.41, 5.74) is 0.130. The van der Waals surface area contributed by atoms with Crippen LogP contribution in [0.2, 0.25) is 0 Å². The lowest BCUT2D eigenvalue weighted by atomic mass is 10.00. The SMILES string of the molecule is CC1(C(=O)O)CCCN1c1nc2ccccc2s1. The first-order valence-corrected chi connectivity index (χ1v) is 6.79. The van der Waals surface area contributed by atoms with Crippen molar-refractivity contribution in [2.75, 3.05) is 11.4 Å². The largest absolute Gasteiger partial charge is 0.480 e. The molecule has 0 spiro atoms. The number of para-hydroxylation sites is 1. The molecule has 18 heavy (non-hydrogen) atoms. The van der Waals surface area contributed by atoms with Crippen LogP contribution in [0.1, 0.15) is 19.8 Å². The van der Waals surface area contributed by atoms with Crippen molar-refractivity contribution in [3.05, 3.63) is 24.3 Å². The smallest absolute Gasteiger partial charge is 0.329 e. The van der Waals surface area contributed by atoms with E-state index in [1.54, 1.807) is 18.3 Å². The number of carbonyl (C=O) groups is 1. The Bertz CT molecular complexity index is 577. The van der Waals surface area contributed by atoms with Crippen molar-refractivity contribution in [2.24, 2.45) is 0 Å². The van der Waals surface area contributed by atoms with Crippen LogP contribution in [0, 0.1) is 0 Å². The van der Waals surface area contributed by atoms with Crippen LogP contribution in [0.5, 0.6) is 0 Å². The highest BCUT2D eigenvalue weighted by atomic mass is 32.1. The third kappa shape index (κ3) is 1.58. The van der Waals surface area contributed by atoms with Crippen LogP contribution >= 0.6 is 11.3 Å². The van der Waals surface area contributed by atoms with Gasteiger partial charge in [0.25, 0.3) is 0 Å². The van der Waals surface area contributed by atoms with Gasteiger partial charge in [-0.3, -0.25) is 0 Å².